The molecule has 0 spiro atoms. The molecule has 20 heavy (non-hydrogen) atoms. The van der Waals surface area contributed by atoms with Gasteiger partial charge in [-0.3, -0.25) is 0 Å². The highest BCUT2D eigenvalue weighted by molar-refractivity contribution is 5.33. The molecule has 2 heteroatoms. The molecule has 2 N–H and O–H groups in total. The van der Waals surface area contributed by atoms with Crippen LogP contribution in [0.5, 0.6) is 0 Å². The molecule has 0 saturated carbocycles. The highest BCUT2D eigenvalue weighted by Gasteiger charge is 2.09. The van der Waals surface area contributed by atoms with Crippen molar-refractivity contribution >= 4 is 0 Å². The van der Waals surface area contributed by atoms with E-state index in [1.807, 2.05) is 18.2 Å². The van der Waals surface area contributed by atoms with E-state index < -0.39 is 0 Å². The molecule has 0 aromatic heterocycles. The molecule has 0 aliphatic carbocycles. The van der Waals surface area contributed by atoms with Gasteiger partial charge in [-0.2, -0.15) is 0 Å². The Labute approximate surface area is 121 Å². The monoisotopic (exact) mass is 269 g/mol. The Kier molecular flexibility index (Phi) is 5.33. The maximum atomic E-state index is 9.54. The lowest BCUT2D eigenvalue weighted by Gasteiger charge is -2.18. The van der Waals surface area contributed by atoms with Crippen molar-refractivity contribution in [3.63, 3.8) is 0 Å². The van der Waals surface area contributed by atoms with E-state index in [0.717, 1.165) is 13.0 Å². The van der Waals surface area contributed by atoms with Crippen molar-refractivity contribution in [3.05, 3.63) is 70.8 Å². The zero-order valence-corrected chi connectivity index (χ0v) is 12.3. The lowest BCUT2D eigenvalue weighted by Crippen LogP contribution is -2.34. The molecule has 0 saturated heterocycles. The molecule has 2 aromatic rings. The standard InChI is InChI=1S/C18H23NO/c1-14-7-6-8-15(2)18(14)12-19-17(13-20)11-16-9-4-3-5-10-16/h3-10,17,19-20H,11-13H2,1-2H3/t17-/m1/s1. The minimum atomic E-state index is 0.0939. The summed E-state index contributed by atoms with van der Waals surface area (Å²) >= 11 is 0. The summed E-state index contributed by atoms with van der Waals surface area (Å²) in [6.07, 6.45) is 0.849. The van der Waals surface area contributed by atoms with Crippen LogP contribution >= 0.6 is 0 Å². The van der Waals surface area contributed by atoms with Crippen molar-refractivity contribution < 1.29 is 5.11 Å². The molecule has 0 unspecified atom stereocenters. The smallest absolute Gasteiger partial charge is 0.0587 e. The quantitative estimate of drug-likeness (QED) is 0.845. The van der Waals surface area contributed by atoms with Crippen LogP contribution in [0, 0.1) is 13.8 Å². The fourth-order valence-corrected chi connectivity index (χ4v) is 2.47. The van der Waals surface area contributed by atoms with Crippen molar-refractivity contribution in [1.29, 1.82) is 0 Å². The summed E-state index contributed by atoms with van der Waals surface area (Å²) in [4.78, 5) is 0. The van der Waals surface area contributed by atoms with E-state index in [2.05, 4.69) is 49.5 Å². The molecule has 0 aliphatic rings. The summed E-state index contributed by atoms with van der Waals surface area (Å²) in [5.74, 6) is 0. The molecular weight excluding hydrogens is 246 g/mol. The van der Waals surface area contributed by atoms with Crippen LogP contribution in [0.15, 0.2) is 48.5 Å². The molecule has 0 bridgehead atoms. The number of aliphatic hydroxyl groups is 1. The summed E-state index contributed by atoms with van der Waals surface area (Å²) in [5.41, 5.74) is 5.18. The van der Waals surface area contributed by atoms with Gasteiger partial charge in [-0.1, -0.05) is 48.5 Å². The first-order chi connectivity index (χ1) is 9.70. The Morgan fingerprint density at radius 1 is 0.950 bits per heavy atom. The van der Waals surface area contributed by atoms with Crippen LogP contribution < -0.4 is 5.32 Å². The number of hydrogen-bond acceptors (Lipinski definition) is 2. The van der Waals surface area contributed by atoms with E-state index in [9.17, 15) is 5.11 Å². The van der Waals surface area contributed by atoms with E-state index in [-0.39, 0.29) is 12.6 Å². The number of aryl methyl sites for hydroxylation is 2. The van der Waals surface area contributed by atoms with E-state index >= 15 is 0 Å². The van der Waals surface area contributed by atoms with Crippen LogP contribution in [0.1, 0.15) is 22.3 Å². The van der Waals surface area contributed by atoms with E-state index in [0.29, 0.717) is 0 Å². The third kappa shape index (κ3) is 3.92. The Hall–Kier alpha value is -1.64. The summed E-state index contributed by atoms with van der Waals surface area (Å²) in [6.45, 7) is 5.22. The van der Waals surface area contributed by atoms with Gasteiger partial charge in [0.1, 0.15) is 0 Å². The average molecular weight is 269 g/mol. The Morgan fingerprint density at radius 3 is 2.20 bits per heavy atom. The molecule has 2 aromatic carbocycles. The zero-order chi connectivity index (χ0) is 14.4. The van der Waals surface area contributed by atoms with Crippen LogP contribution in [0.4, 0.5) is 0 Å². The number of aliphatic hydroxyl groups excluding tert-OH is 1. The SMILES string of the molecule is Cc1cccc(C)c1CN[C@@H](CO)Cc1ccccc1. The van der Waals surface area contributed by atoms with Crippen molar-refractivity contribution in [2.75, 3.05) is 6.61 Å². The van der Waals surface area contributed by atoms with Gasteiger partial charge in [-0.15, -0.1) is 0 Å². The molecule has 0 heterocycles. The molecule has 0 amide bonds. The van der Waals surface area contributed by atoms with Gasteiger partial charge in [0.25, 0.3) is 0 Å². The topological polar surface area (TPSA) is 32.3 Å². The van der Waals surface area contributed by atoms with Gasteiger partial charge in [0.2, 0.25) is 0 Å². The fraction of sp³-hybridized carbons (Fsp3) is 0.333. The van der Waals surface area contributed by atoms with E-state index in [1.54, 1.807) is 0 Å². The molecule has 0 aliphatic heterocycles. The Bertz CT molecular complexity index is 516. The predicted molar refractivity (Wildman–Crippen MR) is 83.8 cm³/mol. The number of nitrogens with one attached hydrogen (secondary N) is 1. The maximum absolute atomic E-state index is 9.54. The van der Waals surface area contributed by atoms with Crippen LogP contribution in [0.25, 0.3) is 0 Å². The van der Waals surface area contributed by atoms with Gasteiger partial charge in [0.05, 0.1) is 6.61 Å². The third-order valence-corrected chi connectivity index (χ3v) is 3.76. The number of benzene rings is 2. The van der Waals surface area contributed by atoms with Gasteiger partial charge >= 0.3 is 0 Å². The zero-order valence-electron chi connectivity index (χ0n) is 12.3. The van der Waals surface area contributed by atoms with Crippen molar-refractivity contribution in [2.24, 2.45) is 0 Å². The average Bonchev–Trinajstić information content (AvgIpc) is 2.46. The molecule has 2 nitrogen and oxygen atoms in total. The first kappa shape index (κ1) is 14.8. The van der Waals surface area contributed by atoms with Crippen LogP contribution in [0.3, 0.4) is 0 Å². The number of rotatable bonds is 6. The predicted octanol–water partition coefficient (Wildman–Crippen LogP) is 3.00. The first-order valence-corrected chi connectivity index (χ1v) is 7.14. The third-order valence-electron chi connectivity index (χ3n) is 3.76. The van der Waals surface area contributed by atoms with Gasteiger partial charge in [-0.05, 0) is 42.5 Å². The molecule has 0 fully saturated rings. The second-order valence-electron chi connectivity index (χ2n) is 5.32. The van der Waals surface area contributed by atoms with Gasteiger partial charge in [0, 0.05) is 12.6 Å². The first-order valence-electron chi connectivity index (χ1n) is 7.14. The van der Waals surface area contributed by atoms with E-state index in [1.165, 1.54) is 22.3 Å². The number of hydrogen-bond donors (Lipinski definition) is 2. The summed E-state index contributed by atoms with van der Waals surface area (Å²) in [7, 11) is 0. The fourth-order valence-electron chi connectivity index (χ4n) is 2.47. The highest BCUT2D eigenvalue weighted by atomic mass is 16.3. The molecular formula is C18H23NO. The molecule has 2 rings (SSSR count). The van der Waals surface area contributed by atoms with Gasteiger partial charge in [-0.25, -0.2) is 0 Å². The molecule has 1 atom stereocenters. The Balaban J connectivity index is 1.97. The molecule has 0 radical (unpaired) electrons. The molecule has 106 valence electrons. The largest absolute Gasteiger partial charge is 0.395 e. The van der Waals surface area contributed by atoms with Crippen LogP contribution in [-0.4, -0.2) is 17.8 Å². The summed E-state index contributed by atoms with van der Waals surface area (Å²) in [5, 5.41) is 13.0. The maximum Gasteiger partial charge on any atom is 0.0587 e. The minimum Gasteiger partial charge on any atom is -0.395 e. The second kappa shape index (κ2) is 7.22. The normalized spacial score (nSPS) is 12.3. The second-order valence-corrected chi connectivity index (χ2v) is 5.32. The summed E-state index contributed by atoms with van der Waals surface area (Å²) < 4.78 is 0. The van der Waals surface area contributed by atoms with Crippen LogP contribution in [0.2, 0.25) is 0 Å². The van der Waals surface area contributed by atoms with Crippen molar-refractivity contribution in [2.45, 2.75) is 32.9 Å². The van der Waals surface area contributed by atoms with E-state index in [4.69, 9.17) is 0 Å². The van der Waals surface area contributed by atoms with Crippen molar-refractivity contribution in [1.82, 2.24) is 5.32 Å². The van der Waals surface area contributed by atoms with Crippen LogP contribution in [-0.2, 0) is 13.0 Å². The lowest BCUT2D eigenvalue weighted by molar-refractivity contribution is 0.240. The highest BCUT2D eigenvalue weighted by Crippen LogP contribution is 2.13. The Morgan fingerprint density at radius 2 is 1.60 bits per heavy atom. The van der Waals surface area contributed by atoms with Crippen molar-refractivity contribution in [3.8, 4) is 0 Å². The van der Waals surface area contributed by atoms with Gasteiger partial charge < -0.3 is 10.4 Å². The van der Waals surface area contributed by atoms with Gasteiger partial charge in [0.15, 0.2) is 0 Å². The minimum absolute atomic E-state index is 0.0939. The summed E-state index contributed by atoms with van der Waals surface area (Å²) in [6, 6.07) is 16.7. The lowest BCUT2D eigenvalue weighted by atomic mass is 10.0.